The van der Waals surface area contributed by atoms with Crippen LogP contribution in [0.3, 0.4) is 0 Å². The van der Waals surface area contributed by atoms with E-state index >= 15 is 0 Å². The molecule has 4 rings (SSSR count). The highest BCUT2D eigenvalue weighted by atomic mass is 19.1. The Labute approximate surface area is 164 Å². The smallest absolute Gasteiger partial charge is 0.407 e. The van der Waals surface area contributed by atoms with Crippen molar-refractivity contribution in [1.29, 1.82) is 0 Å². The van der Waals surface area contributed by atoms with Crippen LogP contribution in [-0.2, 0) is 4.74 Å². The van der Waals surface area contributed by atoms with E-state index in [1.54, 1.807) is 0 Å². The fourth-order valence-electron chi connectivity index (χ4n) is 4.43. The molecule has 0 radical (unpaired) electrons. The van der Waals surface area contributed by atoms with E-state index in [9.17, 15) is 14.3 Å². The van der Waals surface area contributed by atoms with Gasteiger partial charge in [0.1, 0.15) is 12.3 Å². The van der Waals surface area contributed by atoms with Gasteiger partial charge in [0.2, 0.25) is 0 Å². The lowest BCUT2D eigenvalue weighted by molar-refractivity contribution is 0.0606. The number of rotatable bonds is 5. The summed E-state index contributed by atoms with van der Waals surface area (Å²) in [6.07, 6.45) is 1.45. The number of carbonyl (C=O) groups is 1. The molecule has 0 aliphatic heterocycles. The van der Waals surface area contributed by atoms with Crippen molar-refractivity contribution >= 4 is 6.09 Å². The van der Waals surface area contributed by atoms with Gasteiger partial charge in [0, 0.05) is 12.5 Å². The first-order valence-corrected chi connectivity index (χ1v) is 9.98. The van der Waals surface area contributed by atoms with E-state index in [2.05, 4.69) is 29.6 Å². The minimum atomic E-state index is -1.41. The van der Waals surface area contributed by atoms with Crippen molar-refractivity contribution in [2.75, 3.05) is 19.8 Å². The predicted octanol–water partition coefficient (Wildman–Crippen LogP) is 4.42. The highest BCUT2D eigenvalue weighted by Crippen LogP contribution is 2.44. The van der Waals surface area contributed by atoms with Gasteiger partial charge in [-0.15, -0.1) is 0 Å². The number of amides is 1. The van der Waals surface area contributed by atoms with Gasteiger partial charge in [0.25, 0.3) is 0 Å². The number of carbonyl (C=O) groups excluding carboxylic acids is 1. The van der Waals surface area contributed by atoms with Gasteiger partial charge in [-0.1, -0.05) is 48.5 Å². The van der Waals surface area contributed by atoms with Gasteiger partial charge in [-0.05, 0) is 53.9 Å². The van der Waals surface area contributed by atoms with Gasteiger partial charge in [0.15, 0.2) is 0 Å². The first-order chi connectivity index (χ1) is 13.6. The molecule has 0 spiro atoms. The number of nitrogens with one attached hydrogen (secondary N) is 1. The predicted molar refractivity (Wildman–Crippen MR) is 106 cm³/mol. The van der Waals surface area contributed by atoms with Crippen molar-refractivity contribution in [2.45, 2.75) is 37.3 Å². The lowest BCUT2D eigenvalue weighted by Crippen LogP contribution is -2.42. The van der Waals surface area contributed by atoms with Crippen LogP contribution in [-0.4, -0.2) is 36.6 Å². The van der Waals surface area contributed by atoms with Crippen molar-refractivity contribution in [3.63, 3.8) is 0 Å². The van der Waals surface area contributed by atoms with E-state index < -0.39 is 11.8 Å². The Hall–Kier alpha value is -2.40. The zero-order valence-corrected chi connectivity index (χ0v) is 15.9. The second kappa shape index (κ2) is 7.92. The van der Waals surface area contributed by atoms with Crippen LogP contribution in [0.2, 0.25) is 0 Å². The fourth-order valence-corrected chi connectivity index (χ4v) is 4.43. The number of aliphatic hydroxyl groups is 1. The maximum Gasteiger partial charge on any atom is 0.407 e. The number of hydrogen-bond donors (Lipinski definition) is 2. The van der Waals surface area contributed by atoms with Crippen molar-refractivity contribution in [2.24, 2.45) is 5.92 Å². The second-order valence-corrected chi connectivity index (χ2v) is 7.96. The number of halogens is 1. The van der Waals surface area contributed by atoms with E-state index in [1.165, 1.54) is 11.1 Å². The Bertz CT molecular complexity index is 800. The first-order valence-electron chi connectivity index (χ1n) is 9.98. The summed E-state index contributed by atoms with van der Waals surface area (Å²) in [6, 6.07) is 16.3. The van der Waals surface area contributed by atoms with Crippen LogP contribution in [0.25, 0.3) is 11.1 Å². The fraction of sp³-hybridized carbons (Fsp3) is 0.435. The molecule has 0 unspecified atom stereocenters. The normalized spacial score (nSPS) is 23.7. The van der Waals surface area contributed by atoms with Gasteiger partial charge in [-0.3, -0.25) is 0 Å². The van der Waals surface area contributed by atoms with Crippen LogP contribution in [0.5, 0.6) is 0 Å². The van der Waals surface area contributed by atoms with Crippen LogP contribution >= 0.6 is 0 Å². The lowest BCUT2D eigenvalue weighted by atomic mass is 9.80. The maximum atomic E-state index is 14.8. The highest BCUT2D eigenvalue weighted by Gasteiger charge is 2.36. The summed E-state index contributed by atoms with van der Waals surface area (Å²) in [5, 5.41) is 11.8. The molecule has 0 bridgehead atoms. The summed E-state index contributed by atoms with van der Waals surface area (Å²) in [6.45, 7) is 0.295. The van der Waals surface area contributed by atoms with Crippen LogP contribution in [0.4, 0.5) is 9.18 Å². The lowest BCUT2D eigenvalue weighted by Gasteiger charge is -2.33. The molecular formula is C23H26FNO3. The second-order valence-electron chi connectivity index (χ2n) is 7.96. The molecule has 1 saturated carbocycles. The number of alkyl halides is 1. The third-order valence-electron chi connectivity index (χ3n) is 6.15. The molecule has 0 aromatic heterocycles. The quantitative estimate of drug-likeness (QED) is 0.804. The number of fused-ring (bicyclic) bond motifs is 3. The van der Waals surface area contributed by atoms with E-state index in [0.29, 0.717) is 25.7 Å². The number of hydrogen-bond acceptors (Lipinski definition) is 3. The molecule has 0 atom stereocenters. The van der Waals surface area contributed by atoms with Crippen molar-refractivity contribution < 1.29 is 19.0 Å². The standard InChI is InChI=1S/C23H26FNO3/c24-23(11-9-16(13-26)10-12-23)15-25-22(27)28-14-21-19-7-3-1-5-17(19)18-6-2-4-8-20(18)21/h1-8,16,21,26H,9-15H2,(H,25,27). The van der Waals surface area contributed by atoms with Gasteiger partial charge >= 0.3 is 6.09 Å². The molecule has 148 valence electrons. The minimum Gasteiger partial charge on any atom is -0.449 e. The molecule has 1 amide bonds. The third-order valence-corrected chi connectivity index (χ3v) is 6.15. The number of alkyl carbamates (subject to hydrolysis) is 1. The first kappa shape index (κ1) is 18.9. The van der Waals surface area contributed by atoms with Crippen molar-refractivity contribution in [3.05, 3.63) is 59.7 Å². The molecule has 28 heavy (non-hydrogen) atoms. The largest absolute Gasteiger partial charge is 0.449 e. The molecule has 0 saturated heterocycles. The average Bonchev–Trinajstić information content (AvgIpc) is 3.05. The summed E-state index contributed by atoms with van der Waals surface area (Å²) in [7, 11) is 0. The van der Waals surface area contributed by atoms with Crippen molar-refractivity contribution in [1.82, 2.24) is 5.32 Å². The Morgan fingerprint density at radius 2 is 1.64 bits per heavy atom. The van der Waals surface area contributed by atoms with Crippen LogP contribution in [0, 0.1) is 5.92 Å². The van der Waals surface area contributed by atoms with Gasteiger partial charge in [0.05, 0.1) is 6.54 Å². The summed E-state index contributed by atoms with van der Waals surface area (Å²) in [5.74, 6) is 0.177. The van der Waals surface area contributed by atoms with Crippen LogP contribution < -0.4 is 5.32 Å². The van der Waals surface area contributed by atoms with E-state index in [4.69, 9.17) is 4.74 Å². The molecule has 5 heteroatoms. The molecule has 2 aromatic carbocycles. The highest BCUT2D eigenvalue weighted by molar-refractivity contribution is 5.79. The molecule has 4 nitrogen and oxygen atoms in total. The monoisotopic (exact) mass is 383 g/mol. The van der Waals surface area contributed by atoms with E-state index in [-0.39, 0.29) is 31.6 Å². The molecule has 2 N–H and O–H groups in total. The summed E-state index contributed by atoms with van der Waals surface area (Å²) < 4.78 is 20.3. The molecule has 2 aliphatic rings. The van der Waals surface area contributed by atoms with Crippen LogP contribution in [0.1, 0.15) is 42.7 Å². The summed E-state index contributed by atoms with van der Waals surface area (Å²) in [4.78, 5) is 12.2. The number of benzene rings is 2. The Balaban J connectivity index is 1.34. The zero-order valence-electron chi connectivity index (χ0n) is 15.9. The third kappa shape index (κ3) is 3.76. The molecule has 2 aromatic rings. The Morgan fingerprint density at radius 1 is 1.07 bits per heavy atom. The SMILES string of the molecule is O=C(NCC1(F)CCC(CO)CC1)OCC1c2ccccc2-c2ccccc21. The molecule has 1 fully saturated rings. The molecule has 0 heterocycles. The zero-order chi connectivity index (χ0) is 19.6. The molecular weight excluding hydrogens is 357 g/mol. The maximum absolute atomic E-state index is 14.8. The van der Waals surface area contributed by atoms with Gasteiger partial charge < -0.3 is 15.2 Å². The Kier molecular flexibility index (Phi) is 5.36. The summed E-state index contributed by atoms with van der Waals surface area (Å²) in [5.41, 5.74) is 3.25. The number of aliphatic hydroxyl groups excluding tert-OH is 1. The average molecular weight is 383 g/mol. The topological polar surface area (TPSA) is 58.6 Å². The molecule has 2 aliphatic carbocycles. The van der Waals surface area contributed by atoms with Gasteiger partial charge in [-0.2, -0.15) is 0 Å². The van der Waals surface area contributed by atoms with Crippen LogP contribution in [0.15, 0.2) is 48.5 Å². The van der Waals surface area contributed by atoms with Gasteiger partial charge in [-0.25, -0.2) is 9.18 Å². The Morgan fingerprint density at radius 3 is 2.21 bits per heavy atom. The minimum absolute atomic E-state index is 0.00233. The van der Waals surface area contributed by atoms with E-state index in [0.717, 1.165) is 11.1 Å². The van der Waals surface area contributed by atoms with Crippen molar-refractivity contribution in [3.8, 4) is 11.1 Å². The number of ether oxygens (including phenoxy) is 1. The van der Waals surface area contributed by atoms with E-state index in [1.807, 2.05) is 24.3 Å². The summed E-state index contributed by atoms with van der Waals surface area (Å²) >= 11 is 0.